The molecule has 1 rings (SSSR count). The van der Waals surface area contributed by atoms with Crippen molar-refractivity contribution in [2.45, 2.75) is 39.7 Å². The number of carbonyl (C=O) groups is 1. The average Bonchev–Trinajstić information content (AvgIpc) is 2.26. The smallest absolute Gasteiger partial charge is 0.337 e. The van der Waals surface area contributed by atoms with E-state index in [-0.39, 0.29) is 11.6 Å². The highest BCUT2D eigenvalue weighted by molar-refractivity contribution is 6.31. The largest absolute Gasteiger partial charge is 0.478 e. The van der Waals surface area contributed by atoms with E-state index in [1.54, 1.807) is 12.1 Å². The van der Waals surface area contributed by atoms with Crippen molar-refractivity contribution < 1.29 is 9.90 Å². The van der Waals surface area contributed by atoms with Gasteiger partial charge in [-0.15, -0.1) is 0 Å². The van der Waals surface area contributed by atoms with Gasteiger partial charge in [0, 0.05) is 11.1 Å². The monoisotopic (exact) mass is 269 g/mol. The Morgan fingerprint density at radius 1 is 1.33 bits per heavy atom. The lowest BCUT2D eigenvalue weighted by molar-refractivity contribution is 0.0698. The number of nitrogens with one attached hydrogen (secondary N) is 1. The van der Waals surface area contributed by atoms with E-state index in [9.17, 15) is 4.79 Å². The first-order chi connectivity index (χ1) is 8.40. The molecule has 1 aromatic carbocycles. The van der Waals surface area contributed by atoms with Crippen LogP contribution in [0, 0.1) is 5.92 Å². The number of hydrogen-bond donors (Lipinski definition) is 2. The normalized spacial score (nSPS) is 12.5. The fraction of sp³-hybridized carbons (Fsp3) is 0.500. The molecule has 1 aromatic rings. The molecule has 0 bridgehead atoms. The van der Waals surface area contributed by atoms with Gasteiger partial charge in [-0.1, -0.05) is 25.4 Å². The second-order valence-electron chi connectivity index (χ2n) is 5.01. The number of anilines is 1. The molecule has 0 aromatic heterocycles. The van der Waals surface area contributed by atoms with E-state index >= 15 is 0 Å². The summed E-state index contributed by atoms with van der Waals surface area (Å²) in [6.45, 7) is 6.40. The maximum absolute atomic E-state index is 11.1. The van der Waals surface area contributed by atoms with Crippen molar-refractivity contribution in [3.63, 3.8) is 0 Å². The van der Waals surface area contributed by atoms with Gasteiger partial charge < -0.3 is 10.4 Å². The Hall–Kier alpha value is -1.22. The predicted octanol–water partition coefficient (Wildman–Crippen LogP) is 4.27. The Bertz CT molecular complexity index is 418. The van der Waals surface area contributed by atoms with Crippen LogP contribution >= 0.6 is 11.6 Å². The fourth-order valence-corrected chi connectivity index (χ4v) is 1.92. The van der Waals surface area contributed by atoms with Crippen molar-refractivity contribution >= 4 is 23.3 Å². The summed E-state index contributed by atoms with van der Waals surface area (Å²) in [5, 5.41) is 12.9. The zero-order chi connectivity index (χ0) is 13.7. The van der Waals surface area contributed by atoms with Gasteiger partial charge >= 0.3 is 5.97 Å². The summed E-state index contributed by atoms with van der Waals surface area (Å²) < 4.78 is 0. The van der Waals surface area contributed by atoms with Crippen LogP contribution in [0.3, 0.4) is 0 Å². The topological polar surface area (TPSA) is 49.3 Å². The van der Waals surface area contributed by atoms with Crippen LogP contribution in [0.25, 0.3) is 0 Å². The van der Waals surface area contributed by atoms with Crippen molar-refractivity contribution in [3.8, 4) is 0 Å². The van der Waals surface area contributed by atoms with Crippen LogP contribution < -0.4 is 5.32 Å². The minimum atomic E-state index is -0.940. The highest BCUT2D eigenvalue weighted by Crippen LogP contribution is 2.23. The molecular formula is C14H20ClNO2. The maximum atomic E-state index is 11.1. The lowest BCUT2D eigenvalue weighted by Gasteiger charge is -2.18. The second kappa shape index (κ2) is 6.64. The number of hydrogen-bond acceptors (Lipinski definition) is 2. The van der Waals surface area contributed by atoms with E-state index < -0.39 is 5.97 Å². The van der Waals surface area contributed by atoms with E-state index in [1.165, 1.54) is 6.07 Å². The molecule has 0 aliphatic carbocycles. The molecule has 1 unspecified atom stereocenters. The summed E-state index contributed by atoms with van der Waals surface area (Å²) >= 11 is 5.90. The van der Waals surface area contributed by atoms with Gasteiger partial charge in [-0.2, -0.15) is 0 Å². The fourth-order valence-electron chi connectivity index (χ4n) is 1.74. The van der Waals surface area contributed by atoms with Gasteiger partial charge in [0.05, 0.1) is 11.3 Å². The van der Waals surface area contributed by atoms with Gasteiger partial charge in [-0.25, -0.2) is 4.79 Å². The third kappa shape index (κ3) is 4.57. The summed E-state index contributed by atoms with van der Waals surface area (Å²) in [5.41, 5.74) is 0.849. The summed E-state index contributed by atoms with van der Waals surface area (Å²) in [4.78, 5) is 11.1. The van der Waals surface area contributed by atoms with Gasteiger partial charge in [0.1, 0.15) is 0 Å². The number of benzene rings is 1. The zero-order valence-corrected chi connectivity index (χ0v) is 11.8. The highest BCUT2D eigenvalue weighted by Gasteiger charge is 2.12. The van der Waals surface area contributed by atoms with E-state index in [0.29, 0.717) is 16.6 Å². The van der Waals surface area contributed by atoms with Crippen LogP contribution in [-0.4, -0.2) is 17.1 Å². The van der Waals surface area contributed by atoms with Crippen LogP contribution in [0.15, 0.2) is 18.2 Å². The maximum Gasteiger partial charge on any atom is 0.337 e. The van der Waals surface area contributed by atoms with Crippen LogP contribution in [-0.2, 0) is 0 Å². The van der Waals surface area contributed by atoms with Crippen LogP contribution in [0.1, 0.15) is 44.0 Å². The quantitative estimate of drug-likeness (QED) is 0.811. The molecule has 0 aliphatic heterocycles. The Labute approximate surface area is 113 Å². The first-order valence-electron chi connectivity index (χ1n) is 6.19. The Balaban J connectivity index is 2.76. The first-order valence-corrected chi connectivity index (χ1v) is 6.57. The van der Waals surface area contributed by atoms with Gasteiger partial charge in [0.2, 0.25) is 0 Å². The summed E-state index contributed by atoms with van der Waals surface area (Å²) in [5.74, 6) is -0.294. The first kappa shape index (κ1) is 14.8. The van der Waals surface area contributed by atoms with E-state index in [4.69, 9.17) is 16.7 Å². The predicted molar refractivity (Wildman–Crippen MR) is 75.6 cm³/mol. The number of rotatable bonds is 6. The Morgan fingerprint density at radius 3 is 2.56 bits per heavy atom. The van der Waals surface area contributed by atoms with Crippen molar-refractivity contribution in [3.05, 3.63) is 28.8 Å². The lowest BCUT2D eigenvalue weighted by atomic mass is 10.0. The van der Waals surface area contributed by atoms with Crippen molar-refractivity contribution in [2.75, 3.05) is 5.32 Å². The third-order valence-electron chi connectivity index (χ3n) is 2.79. The summed E-state index contributed by atoms with van der Waals surface area (Å²) in [6, 6.07) is 5.01. The Kier molecular flexibility index (Phi) is 5.48. The lowest BCUT2D eigenvalue weighted by Crippen LogP contribution is -2.18. The van der Waals surface area contributed by atoms with Gasteiger partial charge in [-0.05, 0) is 43.9 Å². The number of aromatic carboxylic acids is 1. The minimum Gasteiger partial charge on any atom is -0.478 e. The number of carboxylic acid groups (broad SMARTS) is 1. The Morgan fingerprint density at radius 2 is 2.00 bits per heavy atom. The van der Waals surface area contributed by atoms with E-state index in [0.717, 1.165) is 12.8 Å². The third-order valence-corrected chi connectivity index (χ3v) is 3.03. The molecule has 0 saturated carbocycles. The average molecular weight is 270 g/mol. The molecule has 0 radical (unpaired) electrons. The SMILES string of the molecule is CC(C)CCC(C)Nc1cc(Cl)ccc1C(=O)O. The molecule has 0 spiro atoms. The van der Waals surface area contributed by atoms with Gasteiger partial charge in [-0.3, -0.25) is 0 Å². The number of carboxylic acids is 1. The molecule has 0 aliphatic rings. The van der Waals surface area contributed by atoms with Crippen molar-refractivity contribution in [1.82, 2.24) is 0 Å². The molecule has 0 saturated heterocycles. The highest BCUT2D eigenvalue weighted by atomic mass is 35.5. The molecule has 0 fully saturated rings. The number of halogens is 1. The molecule has 4 heteroatoms. The van der Waals surface area contributed by atoms with Crippen molar-refractivity contribution in [1.29, 1.82) is 0 Å². The molecule has 0 amide bonds. The molecule has 0 heterocycles. The van der Waals surface area contributed by atoms with Gasteiger partial charge in [0.15, 0.2) is 0 Å². The van der Waals surface area contributed by atoms with E-state index in [2.05, 4.69) is 26.1 Å². The summed E-state index contributed by atoms with van der Waals surface area (Å²) in [7, 11) is 0. The molecule has 3 nitrogen and oxygen atoms in total. The molecule has 18 heavy (non-hydrogen) atoms. The summed E-state index contributed by atoms with van der Waals surface area (Å²) in [6.07, 6.45) is 2.11. The van der Waals surface area contributed by atoms with Crippen LogP contribution in [0.4, 0.5) is 5.69 Å². The van der Waals surface area contributed by atoms with E-state index in [1.807, 2.05) is 0 Å². The minimum absolute atomic E-state index is 0.226. The second-order valence-corrected chi connectivity index (χ2v) is 5.45. The molecule has 2 N–H and O–H groups in total. The van der Waals surface area contributed by atoms with Crippen LogP contribution in [0.5, 0.6) is 0 Å². The standard InChI is InChI=1S/C14H20ClNO2/c1-9(2)4-5-10(3)16-13-8-11(15)6-7-12(13)14(17)18/h6-10,16H,4-5H2,1-3H3,(H,17,18). The van der Waals surface area contributed by atoms with Crippen molar-refractivity contribution in [2.24, 2.45) is 5.92 Å². The van der Waals surface area contributed by atoms with Gasteiger partial charge in [0.25, 0.3) is 0 Å². The molecular weight excluding hydrogens is 250 g/mol. The zero-order valence-electron chi connectivity index (χ0n) is 11.0. The molecule has 1 atom stereocenters. The molecule has 100 valence electrons. The van der Waals surface area contributed by atoms with Crippen LogP contribution in [0.2, 0.25) is 5.02 Å².